The topological polar surface area (TPSA) is 86.8 Å². The number of carbonyl (C=O) groups excluding carboxylic acids is 2. The molecule has 11 heteroatoms. The summed E-state index contributed by atoms with van der Waals surface area (Å²) in [7, 11) is -4.35. The third kappa shape index (κ3) is 8.87. The van der Waals surface area contributed by atoms with Crippen molar-refractivity contribution in [2.75, 3.05) is 10.8 Å². The number of carbonyl (C=O) groups is 2. The van der Waals surface area contributed by atoms with Crippen molar-refractivity contribution in [3.63, 3.8) is 0 Å². The van der Waals surface area contributed by atoms with E-state index in [1.165, 1.54) is 59.5 Å². The van der Waals surface area contributed by atoms with Gasteiger partial charge in [0.05, 0.1) is 15.6 Å². The Bertz CT molecular complexity index is 1760. The van der Waals surface area contributed by atoms with Gasteiger partial charge in [-0.1, -0.05) is 90.3 Å². The second kappa shape index (κ2) is 15.6. The van der Waals surface area contributed by atoms with Crippen LogP contribution in [0.4, 0.5) is 10.1 Å². The van der Waals surface area contributed by atoms with Crippen LogP contribution in [0.5, 0.6) is 0 Å². The number of anilines is 1. The average molecular weight is 685 g/mol. The number of nitrogens with zero attached hydrogens (tertiary/aromatic N) is 2. The lowest BCUT2D eigenvalue weighted by Gasteiger charge is -2.34. The maximum atomic E-state index is 14.5. The number of hydrogen-bond donors (Lipinski definition) is 1. The molecular formula is C35H36Cl2FN3O4S. The van der Waals surface area contributed by atoms with Gasteiger partial charge in [0.25, 0.3) is 10.0 Å². The fourth-order valence-corrected chi connectivity index (χ4v) is 6.67. The first-order valence-corrected chi connectivity index (χ1v) is 17.0. The van der Waals surface area contributed by atoms with Crippen molar-refractivity contribution < 1.29 is 22.4 Å². The van der Waals surface area contributed by atoms with Gasteiger partial charge >= 0.3 is 0 Å². The largest absolute Gasteiger partial charge is 0.352 e. The van der Waals surface area contributed by atoms with Crippen LogP contribution >= 0.6 is 23.2 Å². The molecule has 7 nitrogen and oxygen atoms in total. The maximum Gasteiger partial charge on any atom is 0.264 e. The van der Waals surface area contributed by atoms with Gasteiger partial charge in [-0.15, -0.1) is 0 Å². The highest BCUT2D eigenvalue weighted by Crippen LogP contribution is 2.33. The molecule has 0 aliphatic heterocycles. The van der Waals surface area contributed by atoms with E-state index in [0.29, 0.717) is 12.0 Å². The van der Waals surface area contributed by atoms with Crippen LogP contribution in [0.3, 0.4) is 0 Å². The van der Waals surface area contributed by atoms with E-state index in [2.05, 4.69) is 5.32 Å². The van der Waals surface area contributed by atoms with Crippen LogP contribution in [0.15, 0.2) is 102 Å². The molecule has 0 aromatic heterocycles. The zero-order chi connectivity index (χ0) is 33.4. The maximum absolute atomic E-state index is 14.5. The van der Waals surface area contributed by atoms with E-state index in [9.17, 15) is 22.4 Å². The van der Waals surface area contributed by atoms with Crippen LogP contribution in [-0.4, -0.2) is 43.8 Å². The summed E-state index contributed by atoms with van der Waals surface area (Å²) in [6, 6.07) is 24.2. The van der Waals surface area contributed by atoms with Crippen LogP contribution < -0.4 is 9.62 Å². The third-order valence-corrected chi connectivity index (χ3v) is 9.93. The van der Waals surface area contributed by atoms with Crippen LogP contribution in [0.2, 0.25) is 10.0 Å². The van der Waals surface area contributed by atoms with Gasteiger partial charge in [0.1, 0.15) is 18.4 Å². The highest BCUT2D eigenvalue weighted by atomic mass is 35.5. The molecule has 0 fully saturated rings. The lowest BCUT2D eigenvalue weighted by atomic mass is 10.0. The summed E-state index contributed by atoms with van der Waals surface area (Å²) in [5.74, 6) is -1.53. The van der Waals surface area contributed by atoms with Crippen LogP contribution in [0.25, 0.3) is 0 Å². The number of halogens is 3. The Kier molecular flexibility index (Phi) is 11.8. The monoisotopic (exact) mass is 683 g/mol. The minimum Gasteiger partial charge on any atom is -0.352 e. The van der Waals surface area contributed by atoms with Crippen molar-refractivity contribution in [2.24, 2.45) is 0 Å². The molecule has 0 aliphatic rings. The molecule has 0 bridgehead atoms. The minimum atomic E-state index is -4.35. The van der Waals surface area contributed by atoms with Gasteiger partial charge in [-0.2, -0.15) is 0 Å². The van der Waals surface area contributed by atoms with E-state index in [1.54, 1.807) is 12.1 Å². The Morgan fingerprint density at radius 3 is 2.17 bits per heavy atom. The Labute approximate surface area is 280 Å². The van der Waals surface area contributed by atoms with Crippen molar-refractivity contribution >= 4 is 50.7 Å². The molecule has 4 aromatic carbocycles. The number of hydrogen-bond acceptors (Lipinski definition) is 4. The Morgan fingerprint density at radius 2 is 1.54 bits per heavy atom. The zero-order valence-corrected chi connectivity index (χ0v) is 28.1. The van der Waals surface area contributed by atoms with Crippen LogP contribution in [0.1, 0.15) is 37.0 Å². The SMILES string of the molecule is CC[C@@H](C)NC(=O)[C@H](Cc1ccccc1)N(Cc1ccc(F)cc1)C(=O)CN(c1cc(Cl)ccc1Cl)S(=O)(=O)c1ccc(C)cc1. The molecule has 4 aromatic rings. The number of sulfonamides is 1. The zero-order valence-electron chi connectivity index (χ0n) is 25.8. The molecule has 0 radical (unpaired) electrons. The van der Waals surface area contributed by atoms with E-state index in [4.69, 9.17) is 23.2 Å². The van der Waals surface area contributed by atoms with E-state index < -0.39 is 40.2 Å². The first-order chi connectivity index (χ1) is 21.9. The van der Waals surface area contributed by atoms with Crippen molar-refractivity contribution in [3.05, 3.63) is 130 Å². The lowest BCUT2D eigenvalue weighted by molar-refractivity contribution is -0.140. The Hall–Kier alpha value is -3.92. The van der Waals surface area contributed by atoms with E-state index in [1.807, 2.05) is 51.1 Å². The number of rotatable bonds is 13. The van der Waals surface area contributed by atoms with E-state index in [0.717, 1.165) is 15.4 Å². The molecule has 2 atom stereocenters. The molecule has 2 amide bonds. The third-order valence-electron chi connectivity index (χ3n) is 7.60. The smallest absolute Gasteiger partial charge is 0.264 e. The first kappa shape index (κ1) is 34.9. The number of aryl methyl sites for hydroxylation is 1. The predicted molar refractivity (Wildman–Crippen MR) is 181 cm³/mol. The van der Waals surface area contributed by atoms with E-state index >= 15 is 0 Å². The molecule has 0 spiro atoms. The fraction of sp³-hybridized carbons (Fsp3) is 0.257. The molecule has 0 saturated carbocycles. The predicted octanol–water partition coefficient (Wildman–Crippen LogP) is 7.19. The van der Waals surface area contributed by atoms with Gasteiger partial charge in [0.15, 0.2) is 0 Å². The molecule has 46 heavy (non-hydrogen) atoms. The molecule has 0 heterocycles. The fourth-order valence-electron chi connectivity index (χ4n) is 4.81. The van der Waals surface area contributed by atoms with Crippen molar-refractivity contribution in [3.8, 4) is 0 Å². The van der Waals surface area contributed by atoms with Gasteiger partial charge in [-0.05, 0) is 73.9 Å². The molecule has 0 aliphatic carbocycles. The quantitative estimate of drug-likeness (QED) is 0.162. The summed E-state index contributed by atoms with van der Waals surface area (Å²) < 4.78 is 43.1. The van der Waals surface area contributed by atoms with Crippen molar-refractivity contribution in [1.82, 2.24) is 10.2 Å². The number of amides is 2. The van der Waals surface area contributed by atoms with Crippen LogP contribution in [-0.2, 0) is 32.6 Å². The minimum absolute atomic E-state index is 0.00786. The van der Waals surface area contributed by atoms with Gasteiger partial charge < -0.3 is 10.2 Å². The van der Waals surface area contributed by atoms with Gasteiger partial charge in [0, 0.05) is 24.0 Å². The Balaban J connectivity index is 1.83. The van der Waals surface area contributed by atoms with Gasteiger partial charge in [-0.25, -0.2) is 12.8 Å². The number of benzene rings is 4. The summed E-state index contributed by atoms with van der Waals surface area (Å²) in [6.07, 6.45) is 0.810. The highest BCUT2D eigenvalue weighted by Gasteiger charge is 2.35. The summed E-state index contributed by atoms with van der Waals surface area (Å²) in [5.41, 5.74) is 2.21. The molecule has 0 saturated heterocycles. The number of nitrogens with one attached hydrogen (secondary N) is 1. The average Bonchev–Trinajstić information content (AvgIpc) is 3.04. The Morgan fingerprint density at radius 1 is 0.891 bits per heavy atom. The van der Waals surface area contributed by atoms with Gasteiger partial charge in [0.2, 0.25) is 11.8 Å². The summed E-state index contributed by atoms with van der Waals surface area (Å²) in [6.45, 7) is 4.84. The van der Waals surface area contributed by atoms with Crippen LogP contribution in [0, 0.1) is 12.7 Å². The molecule has 242 valence electrons. The van der Waals surface area contributed by atoms with Crippen molar-refractivity contribution in [2.45, 2.75) is 57.1 Å². The first-order valence-electron chi connectivity index (χ1n) is 14.8. The summed E-state index contributed by atoms with van der Waals surface area (Å²) in [4.78, 5) is 29.7. The lowest BCUT2D eigenvalue weighted by Crippen LogP contribution is -2.54. The second-order valence-electron chi connectivity index (χ2n) is 11.1. The van der Waals surface area contributed by atoms with Gasteiger partial charge in [-0.3, -0.25) is 13.9 Å². The second-order valence-corrected chi connectivity index (χ2v) is 13.8. The molecular weight excluding hydrogens is 648 g/mol. The van der Waals surface area contributed by atoms with Crippen molar-refractivity contribution in [1.29, 1.82) is 0 Å². The van der Waals surface area contributed by atoms with E-state index in [-0.39, 0.29) is 39.6 Å². The molecule has 0 unspecified atom stereocenters. The summed E-state index contributed by atoms with van der Waals surface area (Å²) in [5, 5.41) is 3.26. The molecule has 4 rings (SSSR count). The summed E-state index contributed by atoms with van der Waals surface area (Å²) >= 11 is 12.8. The normalized spacial score (nSPS) is 12.7. The highest BCUT2D eigenvalue weighted by molar-refractivity contribution is 7.92. The molecule has 1 N–H and O–H groups in total. The standard InChI is InChI=1S/C35H36Cl2FN3O4S/c1-4-25(3)39-35(43)33(20-26-8-6-5-7-9-26)40(22-27-12-15-29(38)16-13-27)34(42)23-41(32-21-28(36)14-19-31(32)37)46(44,45)30-17-10-24(2)11-18-30/h5-19,21,25,33H,4,20,22-23H2,1-3H3,(H,39,43)/t25-,33+/m1/s1.